The molecule has 1 saturated heterocycles. The number of methoxy groups -OCH3 is 3. The predicted molar refractivity (Wildman–Crippen MR) is 118 cm³/mol. The van der Waals surface area contributed by atoms with Gasteiger partial charge in [0.05, 0.1) is 39.6 Å². The normalized spacial score (nSPS) is 18.8. The van der Waals surface area contributed by atoms with Crippen LogP contribution in [0.3, 0.4) is 0 Å². The molecule has 1 fully saturated rings. The lowest BCUT2D eigenvalue weighted by molar-refractivity contribution is -0.136. The Morgan fingerprint density at radius 3 is 2.36 bits per heavy atom. The van der Waals surface area contributed by atoms with E-state index in [4.69, 9.17) is 18.9 Å². The molecule has 180 valence electrons. The number of benzene rings is 1. The second-order valence-corrected chi connectivity index (χ2v) is 7.49. The Morgan fingerprint density at radius 1 is 1.06 bits per heavy atom. The van der Waals surface area contributed by atoms with Crippen LogP contribution in [0.5, 0.6) is 11.5 Å². The first-order chi connectivity index (χ1) is 15.9. The average Bonchev–Trinajstić information content (AvgIpc) is 2.83. The van der Waals surface area contributed by atoms with Gasteiger partial charge in [0.25, 0.3) is 0 Å². The fourth-order valence-corrected chi connectivity index (χ4v) is 3.90. The highest BCUT2D eigenvalue weighted by Crippen LogP contribution is 2.34. The topological polar surface area (TPSA) is 119 Å². The molecule has 0 saturated carbocycles. The van der Waals surface area contributed by atoms with Crippen molar-refractivity contribution < 1.29 is 33.3 Å². The minimum Gasteiger partial charge on any atom is -0.493 e. The monoisotopic (exact) mass is 462 g/mol. The number of hydrogen-bond donors (Lipinski definition) is 2. The van der Waals surface area contributed by atoms with E-state index in [0.717, 1.165) is 0 Å². The largest absolute Gasteiger partial charge is 0.493 e. The summed E-state index contributed by atoms with van der Waals surface area (Å²) in [4.78, 5) is 40.9. The maximum atomic E-state index is 12.8. The molecule has 11 nitrogen and oxygen atoms in total. The number of carbonyl (C=O) groups is 3. The van der Waals surface area contributed by atoms with E-state index in [1.54, 1.807) is 30.0 Å². The number of ether oxygens (including phenoxy) is 4. The molecule has 0 aromatic heterocycles. The predicted octanol–water partition coefficient (Wildman–Crippen LogP) is 1.26. The lowest BCUT2D eigenvalue weighted by Gasteiger charge is -2.36. The van der Waals surface area contributed by atoms with Gasteiger partial charge >= 0.3 is 18.1 Å². The molecule has 1 aromatic rings. The Kier molecular flexibility index (Phi) is 7.99. The van der Waals surface area contributed by atoms with E-state index >= 15 is 0 Å². The van der Waals surface area contributed by atoms with Gasteiger partial charge in [-0.1, -0.05) is 6.07 Å². The SMILES string of the molecule is CCOC(=O)N1CCN(CC2=C(C(=O)OC)[C@@H](c3ccc(OC)c(OC)c3)NC(=O)N2)CC1. The van der Waals surface area contributed by atoms with E-state index in [-0.39, 0.29) is 6.09 Å². The van der Waals surface area contributed by atoms with Gasteiger partial charge in [-0.2, -0.15) is 0 Å². The third-order valence-electron chi connectivity index (χ3n) is 5.58. The second kappa shape index (κ2) is 10.9. The zero-order chi connectivity index (χ0) is 24.0. The van der Waals surface area contributed by atoms with Crippen LogP contribution in [0.25, 0.3) is 0 Å². The molecule has 0 radical (unpaired) electrons. The first-order valence-corrected chi connectivity index (χ1v) is 10.7. The first kappa shape index (κ1) is 24.2. The van der Waals surface area contributed by atoms with Gasteiger partial charge in [0.15, 0.2) is 11.5 Å². The second-order valence-electron chi connectivity index (χ2n) is 7.49. The van der Waals surface area contributed by atoms with E-state index in [1.807, 2.05) is 0 Å². The molecule has 2 aliphatic rings. The number of nitrogens with zero attached hydrogens (tertiary/aromatic N) is 2. The fourth-order valence-electron chi connectivity index (χ4n) is 3.90. The molecule has 0 aliphatic carbocycles. The summed E-state index contributed by atoms with van der Waals surface area (Å²) in [5.74, 6) is 0.455. The van der Waals surface area contributed by atoms with Crippen LogP contribution in [0, 0.1) is 0 Å². The number of amides is 3. The number of hydrogen-bond acceptors (Lipinski definition) is 8. The van der Waals surface area contributed by atoms with Gasteiger partial charge in [-0.3, -0.25) is 4.90 Å². The number of nitrogens with one attached hydrogen (secondary N) is 2. The van der Waals surface area contributed by atoms with Crippen LogP contribution in [-0.4, -0.2) is 88.6 Å². The van der Waals surface area contributed by atoms with Crippen molar-refractivity contribution >= 4 is 18.1 Å². The quantitative estimate of drug-likeness (QED) is 0.582. The Morgan fingerprint density at radius 2 is 1.76 bits per heavy atom. The van der Waals surface area contributed by atoms with E-state index < -0.39 is 18.0 Å². The fraction of sp³-hybridized carbons (Fsp3) is 0.500. The number of urea groups is 1. The van der Waals surface area contributed by atoms with Crippen LogP contribution in [0.15, 0.2) is 29.5 Å². The molecule has 1 aromatic carbocycles. The highest BCUT2D eigenvalue weighted by Gasteiger charge is 2.35. The maximum absolute atomic E-state index is 12.8. The zero-order valence-corrected chi connectivity index (χ0v) is 19.3. The van der Waals surface area contributed by atoms with Crippen LogP contribution in [0.2, 0.25) is 0 Å². The Bertz CT molecular complexity index is 925. The molecule has 2 N–H and O–H groups in total. The molecular weight excluding hydrogens is 432 g/mol. The smallest absolute Gasteiger partial charge is 0.409 e. The molecule has 0 spiro atoms. The third kappa shape index (κ3) is 5.48. The summed E-state index contributed by atoms with van der Waals surface area (Å²) in [6, 6.07) is 4.03. The van der Waals surface area contributed by atoms with Crippen molar-refractivity contribution in [2.75, 3.05) is 60.7 Å². The Hall–Kier alpha value is -3.47. The van der Waals surface area contributed by atoms with Crippen molar-refractivity contribution in [1.29, 1.82) is 0 Å². The summed E-state index contributed by atoms with van der Waals surface area (Å²) < 4.78 is 20.8. The number of esters is 1. The molecule has 2 heterocycles. The summed E-state index contributed by atoms with van der Waals surface area (Å²) in [6.07, 6.45) is -0.338. The standard InChI is InChI=1S/C22H30N4O7/c1-5-33-22(29)26-10-8-25(9-11-26)13-15-18(20(27)32-4)19(24-21(28)23-15)14-6-7-16(30-2)17(12-14)31-3/h6-7,12,19H,5,8-11,13H2,1-4H3,(H2,23,24,28)/t19-/m1/s1. The molecule has 11 heteroatoms. The lowest BCUT2D eigenvalue weighted by atomic mass is 9.94. The Balaban J connectivity index is 1.87. The van der Waals surface area contributed by atoms with Crippen molar-refractivity contribution in [2.24, 2.45) is 0 Å². The molecule has 3 amide bonds. The molecular formula is C22H30N4O7. The van der Waals surface area contributed by atoms with Gasteiger partial charge in [-0.25, -0.2) is 14.4 Å². The minimum atomic E-state index is -0.734. The molecule has 2 aliphatic heterocycles. The number of piperazine rings is 1. The lowest BCUT2D eigenvalue weighted by Crippen LogP contribution is -2.52. The molecule has 0 unspecified atom stereocenters. The van der Waals surface area contributed by atoms with Crippen molar-refractivity contribution in [1.82, 2.24) is 20.4 Å². The summed E-state index contributed by atoms with van der Waals surface area (Å²) in [5, 5.41) is 5.56. The van der Waals surface area contributed by atoms with Crippen molar-refractivity contribution in [3.05, 3.63) is 35.0 Å². The summed E-state index contributed by atoms with van der Waals surface area (Å²) in [6.45, 7) is 4.53. The van der Waals surface area contributed by atoms with Crippen LogP contribution in [0.1, 0.15) is 18.5 Å². The average molecular weight is 463 g/mol. The van der Waals surface area contributed by atoms with Crippen molar-refractivity contribution in [3.63, 3.8) is 0 Å². The minimum absolute atomic E-state index is 0.303. The number of rotatable bonds is 7. The van der Waals surface area contributed by atoms with E-state index in [0.29, 0.717) is 67.7 Å². The highest BCUT2D eigenvalue weighted by molar-refractivity contribution is 5.95. The maximum Gasteiger partial charge on any atom is 0.409 e. The van der Waals surface area contributed by atoms with Gasteiger partial charge in [0.2, 0.25) is 0 Å². The van der Waals surface area contributed by atoms with Gasteiger partial charge in [0, 0.05) is 38.4 Å². The van der Waals surface area contributed by atoms with Crippen LogP contribution < -0.4 is 20.1 Å². The van der Waals surface area contributed by atoms with Crippen LogP contribution >= 0.6 is 0 Å². The van der Waals surface area contributed by atoms with Crippen molar-refractivity contribution in [3.8, 4) is 11.5 Å². The van der Waals surface area contributed by atoms with Gasteiger partial charge in [0.1, 0.15) is 0 Å². The highest BCUT2D eigenvalue weighted by atomic mass is 16.6. The molecule has 3 rings (SSSR count). The summed E-state index contributed by atoms with van der Waals surface area (Å²) in [7, 11) is 4.34. The molecule has 1 atom stereocenters. The Labute approximate surface area is 192 Å². The van der Waals surface area contributed by atoms with Gasteiger partial charge < -0.3 is 34.5 Å². The third-order valence-corrected chi connectivity index (χ3v) is 5.58. The van der Waals surface area contributed by atoms with Crippen LogP contribution in [0.4, 0.5) is 9.59 Å². The van der Waals surface area contributed by atoms with Crippen LogP contribution in [-0.2, 0) is 14.3 Å². The van der Waals surface area contributed by atoms with Crippen molar-refractivity contribution in [2.45, 2.75) is 13.0 Å². The van der Waals surface area contributed by atoms with E-state index in [1.165, 1.54) is 21.3 Å². The first-order valence-electron chi connectivity index (χ1n) is 10.7. The summed E-state index contributed by atoms with van der Waals surface area (Å²) in [5.41, 5.74) is 1.40. The zero-order valence-electron chi connectivity index (χ0n) is 19.3. The summed E-state index contributed by atoms with van der Waals surface area (Å²) >= 11 is 0. The van der Waals surface area contributed by atoms with E-state index in [2.05, 4.69) is 15.5 Å². The van der Waals surface area contributed by atoms with Gasteiger partial charge in [-0.15, -0.1) is 0 Å². The molecule has 0 bridgehead atoms. The number of carbonyl (C=O) groups excluding carboxylic acids is 3. The van der Waals surface area contributed by atoms with Gasteiger partial charge in [-0.05, 0) is 24.6 Å². The molecule has 33 heavy (non-hydrogen) atoms. The van der Waals surface area contributed by atoms with E-state index in [9.17, 15) is 14.4 Å².